The van der Waals surface area contributed by atoms with Crippen molar-refractivity contribution in [1.29, 1.82) is 0 Å². The van der Waals surface area contributed by atoms with E-state index in [9.17, 15) is 4.79 Å². The molecule has 7 nitrogen and oxygen atoms in total. The number of carbonyl (C=O) groups excluding carboxylic acids is 1. The molecule has 0 bridgehead atoms. The van der Waals surface area contributed by atoms with Crippen LogP contribution in [0.25, 0.3) is 10.8 Å². The number of aryl methyl sites for hydroxylation is 2. The molecule has 1 unspecified atom stereocenters. The molecular formula is C22H23N3O4S. The summed E-state index contributed by atoms with van der Waals surface area (Å²) in [5.41, 5.74) is 2.10. The summed E-state index contributed by atoms with van der Waals surface area (Å²) in [4.78, 5) is 21.6. The summed E-state index contributed by atoms with van der Waals surface area (Å²) in [7, 11) is 3.19. The maximum absolute atomic E-state index is 12.8. The molecule has 30 heavy (non-hydrogen) atoms. The summed E-state index contributed by atoms with van der Waals surface area (Å²) in [5, 5.41) is 4.21. The molecule has 0 N–H and O–H groups in total. The van der Waals surface area contributed by atoms with E-state index in [1.54, 1.807) is 36.5 Å². The zero-order valence-electron chi connectivity index (χ0n) is 17.0. The van der Waals surface area contributed by atoms with E-state index in [2.05, 4.69) is 16.2 Å². The molecule has 1 amide bonds. The van der Waals surface area contributed by atoms with Crippen molar-refractivity contribution in [1.82, 2.24) is 10.1 Å². The number of rotatable bonds is 5. The third kappa shape index (κ3) is 3.35. The molecule has 8 heteroatoms. The maximum Gasteiger partial charge on any atom is 0.268 e. The van der Waals surface area contributed by atoms with Gasteiger partial charge in [0.15, 0.2) is 5.82 Å². The standard InChI is InChI=1S/C22H23N3O4S/c1-27-15-7-8-17(28-2)16(11-15)25-12-14(10-20(25)26)21-23-22(29-24-21)19-9-13-5-3-4-6-18(13)30-19/h7-9,11,14H,3-6,10,12H2,1-2H3. The Balaban J connectivity index is 1.38. The second-order valence-corrected chi connectivity index (χ2v) is 8.80. The minimum atomic E-state index is -0.125. The van der Waals surface area contributed by atoms with E-state index in [1.807, 2.05) is 12.1 Å². The minimum absolute atomic E-state index is 0.00416. The molecule has 0 saturated carbocycles. The largest absolute Gasteiger partial charge is 0.497 e. The van der Waals surface area contributed by atoms with Crippen LogP contribution >= 0.6 is 11.3 Å². The third-order valence-corrected chi connectivity index (χ3v) is 7.04. The Morgan fingerprint density at radius 1 is 1.17 bits per heavy atom. The van der Waals surface area contributed by atoms with Crippen molar-refractivity contribution in [2.75, 3.05) is 25.7 Å². The highest BCUT2D eigenvalue weighted by atomic mass is 32.1. The van der Waals surface area contributed by atoms with E-state index in [-0.39, 0.29) is 11.8 Å². The highest BCUT2D eigenvalue weighted by Gasteiger charge is 2.36. The van der Waals surface area contributed by atoms with Crippen LogP contribution in [0.4, 0.5) is 5.69 Å². The Hall–Kier alpha value is -2.87. The second kappa shape index (κ2) is 7.75. The van der Waals surface area contributed by atoms with Gasteiger partial charge in [0, 0.05) is 29.8 Å². The number of ether oxygens (including phenoxy) is 2. The molecule has 1 fully saturated rings. The lowest BCUT2D eigenvalue weighted by Gasteiger charge is -2.20. The number of hydrogen-bond acceptors (Lipinski definition) is 7. The van der Waals surface area contributed by atoms with Crippen LogP contribution in [-0.4, -0.2) is 36.8 Å². The summed E-state index contributed by atoms with van der Waals surface area (Å²) >= 11 is 1.75. The number of nitrogens with zero attached hydrogens (tertiary/aromatic N) is 3. The molecule has 1 aromatic carbocycles. The minimum Gasteiger partial charge on any atom is -0.497 e. The summed E-state index contributed by atoms with van der Waals surface area (Å²) in [6.07, 6.45) is 5.08. The van der Waals surface area contributed by atoms with Gasteiger partial charge >= 0.3 is 0 Å². The summed E-state index contributed by atoms with van der Waals surface area (Å²) in [6, 6.07) is 7.62. The number of thiophene rings is 1. The Morgan fingerprint density at radius 2 is 2.03 bits per heavy atom. The number of fused-ring (bicyclic) bond motifs is 1. The first kappa shape index (κ1) is 19.1. The molecule has 156 valence electrons. The van der Waals surface area contributed by atoms with E-state index in [0.29, 0.717) is 41.9 Å². The van der Waals surface area contributed by atoms with Gasteiger partial charge in [0.1, 0.15) is 11.5 Å². The van der Waals surface area contributed by atoms with Crippen LogP contribution in [0, 0.1) is 0 Å². The summed E-state index contributed by atoms with van der Waals surface area (Å²) in [6.45, 7) is 0.474. The summed E-state index contributed by atoms with van der Waals surface area (Å²) in [5.74, 6) is 2.31. The highest BCUT2D eigenvalue weighted by molar-refractivity contribution is 7.15. The van der Waals surface area contributed by atoms with Crippen LogP contribution in [0.3, 0.4) is 0 Å². The number of hydrogen-bond donors (Lipinski definition) is 0. The van der Waals surface area contributed by atoms with Gasteiger partial charge in [-0.2, -0.15) is 4.98 Å². The normalized spacial score (nSPS) is 18.5. The number of benzene rings is 1. The predicted molar refractivity (Wildman–Crippen MR) is 114 cm³/mol. The smallest absolute Gasteiger partial charge is 0.268 e. The van der Waals surface area contributed by atoms with Crippen LogP contribution in [0.15, 0.2) is 28.8 Å². The van der Waals surface area contributed by atoms with Crippen molar-refractivity contribution in [2.45, 2.75) is 38.0 Å². The van der Waals surface area contributed by atoms with Crippen molar-refractivity contribution >= 4 is 22.9 Å². The molecule has 2 aliphatic rings. The average molecular weight is 426 g/mol. The maximum atomic E-state index is 12.8. The lowest BCUT2D eigenvalue weighted by Crippen LogP contribution is -2.25. The van der Waals surface area contributed by atoms with Gasteiger partial charge in [-0.3, -0.25) is 4.79 Å². The molecule has 1 aliphatic carbocycles. The van der Waals surface area contributed by atoms with Crippen molar-refractivity contribution in [3.8, 4) is 22.3 Å². The van der Waals surface area contributed by atoms with E-state index in [1.165, 1.54) is 23.3 Å². The average Bonchev–Trinajstić information content (AvgIpc) is 3.50. The van der Waals surface area contributed by atoms with Crippen LogP contribution in [0.5, 0.6) is 11.5 Å². The molecule has 3 aromatic rings. The predicted octanol–water partition coefficient (Wildman–Crippen LogP) is 4.21. The van der Waals surface area contributed by atoms with Gasteiger partial charge in [-0.15, -0.1) is 11.3 Å². The van der Waals surface area contributed by atoms with Crippen molar-refractivity contribution in [3.63, 3.8) is 0 Å². The lowest BCUT2D eigenvalue weighted by atomic mass is 9.99. The van der Waals surface area contributed by atoms with Gasteiger partial charge in [0.25, 0.3) is 5.89 Å². The van der Waals surface area contributed by atoms with E-state index >= 15 is 0 Å². The number of carbonyl (C=O) groups is 1. The van der Waals surface area contributed by atoms with Gasteiger partial charge in [-0.25, -0.2) is 0 Å². The van der Waals surface area contributed by atoms with Crippen LogP contribution < -0.4 is 14.4 Å². The summed E-state index contributed by atoms with van der Waals surface area (Å²) < 4.78 is 16.3. The quantitative estimate of drug-likeness (QED) is 0.609. The molecule has 3 heterocycles. The molecule has 2 aromatic heterocycles. The van der Waals surface area contributed by atoms with E-state index < -0.39 is 0 Å². The topological polar surface area (TPSA) is 77.7 Å². The van der Waals surface area contributed by atoms with Crippen LogP contribution in [0.1, 0.15) is 41.4 Å². The Labute approximate surface area is 178 Å². The SMILES string of the molecule is COc1ccc(OC)c(N2CC(c3noc(-c4cc5c(s4)CCCC5)n3)CC2=O)c1. The first-order valence-electron chi connectivity index (χ1n) is 10.1. The van der Waals surface area contributed by atoms with Gasteiger partial charge in [0.05, 0.1) is 24.8 Å². The fraction of sp³-hybridized carbons (Fsp3) is 0.409. The van der Waals surface area contributed by atoms with Gasteiger partial charge in [-0.1, -0.05) is 5.16 Å². The number of anilines is 1. The van der Waals surface area contributed by atoms with E-state index in [0.717, 1.165) is 17.7 Å². The molecule has 1 atom stereocenters. The van der Waals surface area contributed by atoms with Crippen LogP contribution in [0.2, 0.25) is 0 Å². The van der Waals surface area contributed by atoms with Crippen LogP contribution in [-0.2, 0) is 17.6 Å². The Morgan fingerprint density at radius 3 is 2.83 bits per heavy atom. The Kier molecular flexibility index (Phi) is 4.94. The van der Waals surface area contributed by atoms with Crippen molar-refractivity contribution in [2.24, 2.45) is 0 Å². The molecule has 5 rings (SSSR count). The molecular weight excluding hydrogens is 402 g/mol. The molecule has 1 aliphatic heterocycles. The molecule has 0 spiro atoms. The fourth-order valence-electron chi connectivity index (χ4n) is 4.22. The third-order valence-electron chi connectivity index (χ3n) is 5.82. The van der Waals surface area contributed by atoms with E-state index in [4.69, 9.17) is 14.0 Å². The molecule has 0 radical (unpaired) electrons. The highest BCUT2D eigenvalue weighted by Crippen LogP contribution is 2.39. The zero-order chi connectivity index (χ0) is 20.7. The zero-order valence-corrected chi connectivity index (χ0v) is 17.8. The molecule has 1 saturated heterocycles. The van der Waals surface area contributed by atoms with Gasteiger partial charge < -0.3 is 18.9 Å². The first-order valence-corrected chi connectivity index (χ1v) is 11.0. The van der Waals surface area contributed by atoms with Gasteiger partial charge in [0.2, 0.25) is 5.91 Å². The van der Waals surface area contributed by atoms with Crippen molar-refractivity contribution < 1.29 is 18.8 Å². The monoisotopic (exact) mass is 425 g/mol. The second-order valence-electron chi connectivity index (χ2n) is 7.67. The number of aromatic nitrogens is 2. The van der Waals surface area contributed by atoms with Gasteiger partial charge in [-0.05, 0) is 49.4 Å². The van der Waals surface area contributed by atoms with Crippen molar-refractivity contribution in [3.05, 3.63) is 40.5 Å². The number of amides is 1. The lowest BCUT2D eigenvalue weighted by molar-refractivity contribution is -0.117. The Bertz CT molecular complexity index is 1070. The first-order chi connectivity index (χ1) is 14.7. The fourth-order valence-corrected chi connectivity index (χ4v) is 5.39. The number of methoxy groups -OCH3 is 2.